The smallest absolute Gasteiger partial charge is 0.296 e. The summed E-state index contributed by atoms with van der Waals surface area (Å²) in [5, 5.41) is 19.7. The molecule has 0 fully saturated rings. The molecule has 8 heteroatoms. The first-order valence-electron chi connectivity index (χ1n) is 10.1. The lowest BCUT2D eigenvalue weighted by atomic mass is 9.85. The van der Waals surface area contributed by atoms with E-state index in [2.05, 4.69) is 31.0 Å². The van der Waals surface area contributed by atoms with Gasteiger partial charge in [0, 0.05) is 5.56 Å². The number of carbonyl (C=O) groups is 2. The van der Waals surface area contributed by atoms with Crippen molar-refractivity contribution in [2.45, 2.75) is 39.2 Å². The first-order valence-corrected chi connectivity index (χ1v) is 10.9. The van der Waals surface area contributed by atoms with Gasteiger partial charge in [-0.2, -0.15) is 0 Å². The van der Waals surface area contributed by atoms with Crippen LogP contribution in [0.5, 0.6) is 0 Å². The SMILES string of the molecule is Cc1nnc(N2C(=O)C(O)=C(C(=O)c3ccc(F)cc3)C2c2ccc(C(C)(C)C)cc2)s1. The monoisotopic (exact) mass is 451 g/mol. The highest BCUT2D eigenvalue weighted by molar-refractivity contribution is 7.15. The Morgan fingerprint density at radius 2 is 1.69 bits per heavy atom. The van der Waals surface area contributed by atoms with E-state index >= 15 is 0 Å². The Morgan fingerprint density at radius 1 is 1.06 bits per heavy atom. The molecule has 1 aliphatic rings. The minimum absolute atomic E-state index is 0.0713. The molecule has 0 radical (unpaired) electrons. The molecule has 1 N–H and O–H groups in total. The number of aliphatic hydroxyl groups is 1. The predicted molar refractivity (Wildman–Crippen MR) is 120 cm³/mol. The van der Waals surface area contributed by atoms with Gasteiger partial charge in [-0.1, -0.05) is 56.4 Å². The minimum Gasteiger partial charge on any atom is -0.503 e. The fourth-order valence-electron chi connectivity index (χ4n) is 3.66. The number of ketones is 1. The van der Waals surface area contributed by atoms with E-state index in [1.807, 2.05) is 24.3 Å². The third-order valence-corrected chi connectivity index (χ3v) is 6.21. The van der Waals surface area contributed by atoms with Gasteiger partial charge < -0.3 is 5.11 Å². The van der Waals surface area contributed by atoms with Crippen LogP contribution >= 0.6 is 11.3 Å². The lowest BCUT2D eigenvalue weighted by Gasteiger charge is -2.25. The van der Waals surface area contributed by atoms with E-state index in [1.54, 1.807) is 6.92 Å². The molecule has 0 bridgehead atoms. The third kappa shape index (κ3) is 3.82. The van der Waals surface area contributed by atoms with Gasteiger partial charge in [0.15, 0.2) is 11.5 Å². The molecule has 1 unspecified atom stereocenters. The molecule has 3 aromatic rings. The zero-order valence-electron chi connectivity index (χ0n) is 18.1. The maximum absolute atomic E-state index is 13.4. The van der Waals surface area contributed by atoms with E-state index in [-0.39, 0.29) is 21.7 Å². The van der Waals surface area contributed by atoms with Gasteiger partial charge in [-0.05, 0) is 47.7 Å². The number of nitrogens with zero attached hydrogens (tertiary/aromatic N) is 3. The van der Waals surface area contributed by atoms with Gasteiger partial charge in [0.2, 0.25) is 5.13 Å². The number of hydrogen-bond acceptors (Lipinski definition) is 6. The van der Waals surface area contributed by atoms with Crippen molar-refractivity contribution in [3.05, 3.63) is 87.4 Å². The quantitative estimate of drug-likeness (QED) is 0.560. The highest BCUT2D eigenvalue weighted by Gasteiger charge is 2.46. The maximum atomic E-state index is 13.4. The summed E-state index contributed by atoms with van der Waals surface area (Å²) in [4.78, 5) is 27.7. The van der Waals surface area contributed by atoms with E-state index < -0.39 is 29.3 Å². The summed E-state index contributed by atoms with van der Waals surface area (Å²) in [7, 11) is 0. The molecule has 1 amide bonds. The average molecular weight is 452 g/mol. The summed E-state index contributed by atoms with van der Waals surface area (Å²) in [6, 6.07) is 11.7. The highest BCUT2D eigenvalue weighted by atomic mass is 32.1. The number of aliphatic hydroxyl groups excluding tert-OH is 1. The van der Waals surface area contributed by atoms with Gasteiger partial charge in [0.1, 0.15) is 10.8 Å². The van der Waals surface area contributed by atoms with Gasteiger partial charge in [-0.3, -0.25) is 14.5 Å². The minimum atomic E-state index is -0.888. The number of Topliss-reactive ketones (excluding diaryl/α,β-unsaturated/α-hetero) is 1. The molecule has 32 heavy (non-hydrogen) atoms. The molecule has 0 spiro atoms. The zero-order chi connectivity index (χ0) is 23.2. The molecule has 0 aliphatic carbocycles. The van der Waals surface area contributed by atoms with Crippen LogP contribution in [0.15, 0.2) is 59.9 Å². The van der Waals surface area contributed by atoms with E-state index in [0.717, 1.165) is 5.56 Å². The van der Waals surface area contributed by atoms with Crippen molar-refractivity contribution in [1.82, 2.24) is 10.2 Å². The van der Waals surface area contributed by atoms with Crippen LogP contribution in [-0.2, 0) is 10.2 Å². The second-order valence-corrected chi connectivity index (χ2v) is 9.81. The van der Waals surface area contributed by atoms with Crippen molar-refractivity contribution in [3.8, 4) is 0 Å². The molecule has 1 aromatic heterocycles. The Labute approximate surface area is 189 Å². The first-order chi connectivity index (χ1) is 15.1. The highest BCUT2D eigenvalue weighted by Crippen LogP contribution is 2.43. The number of halogens is 1. The molecule has 2 aromatic carbocycles. The number of aromatic nitrogens is 2. The molecule has 0 saturated heterocycles. The van der Waals surface area contributed by atoms with Crippen molar-refractivity contribution >= 4 is 28.2 Å². The van der Waals surface area contributed by atoms with E-state index in [4.69, 9.17) is 0 Å². The van der Waals surface area contributed by atoms with Crippen molar-refractivity contribution in [2.75, 3.05) is 4.90 Å². The summed E-state index contributed by atoms with van der Waals surface area (Å²) in [6.45, 7) is 8.03. The largest absolute Gasteiger partial charge is 0.503 e. The number of rotatable bonds is 4. The summed E-state index contributed by atoms with van der Waals surface area (Å²) in [5.74, 6) is -2.40. The lowest BCUT2D eigenvalue weighted by Crippen LogP contribution is -2.31. The number of benzene rings is 2. The molecular formula is C24H22FN3O3S. The molecule has 164 valence electrons. The Hall–Kier alpha value is -3.39. The van der Waals surface area contributed by atoms with Crippen LogP contribution in [0.25, 0.3) is 0 Å². The molecule has 4 rings (SSSR count). The Kier molecular flexibility index (Phi) is 5.42. The molecule has 6 nitrogen and oxygen atoms in total. The summed E-state index contributed by atoms with van der Waals surface area (Å²) in [5.41, 5.74) is 1.76. The number of carbonyl (C=O) groups excluding carboxylic acids is 2. The van der Waals surface area contributed by atoms with Gasteiger partial charge in [-0.25, -0.2) is 4.39 Å². The van der Waals surface area contributed by atoms with Crippen LogP contribution in [-0.4, -0.2) is 27.0 Å². The number of hydrogen-bond donors (Lipinski definition) is 1. The van der Waals surface area contributed by atoms with Crippen LogP contribution in [0, 0.1) is 12.7 Å². The maximum Gasteiger partial charge on any atom is 0.296 e. The van der Waals surface area contributed by atoms with Crippen LogP contribution in [0.3, 0.4) is 0 Å². The van der Waals surface area contributed by atoms with Crippen molar-refractivity contribution in [2.24, 2.45) is 0 Å². The normalized spacial score (nSPS) is 16.7. The van der Waals surface area contributed by atoms with Crippen LogP contribution in [0.2, 0.25) is 0 Å². The Morgan fingerprint density at radius 3 is 2.22 bits per heavy atom. The van der Waals surface area contributed by atoms with E-state index in [9.17, 15) is 19.1 Å². The van der Waals surface area contributed by atoms with Gasteiger partial charge in [0.25, 0.3) is 5.91 Å². The van der Waals surface area contributed by atoms with E-state index in [0.29, 0.717) is 10.6 Å². The van der Waals surface area contributed by atoms with Crippen LogP contribution in [0.1, 0.15) is 53.3 Å². The third-order valence-electron chi connectivity index (χ3n) is 5.37. The van der Waals surface area contributed by atoms with Gasteiger partial charge in [0.05, 0.1) is 11.6 Å². The van der Waals surface area contributed by atoms with E-state index in [1.165, 1.54) is 40.5 Å². The second kappa shape index (κ2) is 7.94. The summed E-state index contributed by atoms with van der Waals surface area (Å²) in [6.07, 6.45) is 0. The Balaban J connectivity index is 1.85. The number of anilines is 1. The molecule has 1 atom stereocenters. The number of amides is 1. The van der Waals surface area contributed by atoms with Crippen molar-refractivity contribution < 1.29 is 19.1 Å². The fraction of sp³-hybridized carbons (Fsp3) is 0.250. The van der Waals surface area contributed by atoms with Crippen molar-refractivity contribution in [1.29, 1.82) is 0 Å². The fourth-order valence-corrected chi connectivity index (χ4v) is 4.37. The molecular weight excluding hydrogens is 429 g/mol. The second-order valence-electron chi connectivity index (χ2n) is 8.65. The Bertz CT molecular complexity index is 1220. The molecule has 0 saturated carbocycles. The van der Waals surface area contributed by atoms with Gasteiger partial charge in [-0.15, -0.1) is 10.2 Å². The van der Waals surface area contributed by atoms with Gasteiger partial charge >= 0.3 is 0 Å². The zero-order valence-corrected chi connectivity index (χ0v) is 18.9. The first kappa shape index (κ1) is 21.8. The summed E-state index contributed by atoms with van der Waals surface area (Å²) < 4.78 is 13.4. The number of aryl methyl sites for hydroxylation is 1. The van der Waals surface area contributed by atoms with Crippen LogP contribution < -0.4 is 4.90 Å². The average Bonchev–Trinajstić information content (AvgIpc) is 3.28. The van der Waals surface area contributed by atoms with Crippen molar-refractivity contribution in [3.63, 3.8) is 0 Å². The topological polar surface area (TPSA) is 83.4 Å². The summed E-state index contributed by atoms with van der Waals surface area (Å²) >= 11 is 1.19. The van der Waals surface area contributed by atoms with Crippen LogP contribution in [0.4, 0.5) is 9.52 Å². The lowest BCUT2D eigenvalue weighted by molar-refractivity contribution is -0.117. The molecule has 2 heterocycles. The predicted octanol–water partition coefficient (Wildman–Crippen LogP) is 5.07. The molecule has 1 aliphatic heterocycles. The standard InChI is InChI=1S/C24H22FN3O3S/c1-13-26-27-23(32-13)28-19(14-5-9-16(10-6-14)24(2,3)4)18(21(30)22(28)31)20(29)15-7-11-17(25)12-8-15/h5-12,19,30H,1-4H3.